The second kappa shape index (κ2) is 4.53. The van der Waals surface area contributed by atoms with Crippen molar-refractivity contribution in [2.45, 2.75) is 25.3 Å². The Morgan fingerprint density at radius 2 is 2.50 bits per heavy atom. The molecule has 0 spiro atoms. The minimum atomic E-state index is 0.420. The Kier molecular flexibility index (Phi) is 3.11. The lowest BCUT2D eigenvalue weighted by molar-refractivity contribution is 0.454. The molecule has 1 aromatic rings. The second-order valence-electron chi connectivity index (χ2n) is 3.74. The Hall–Kier alpha value is -0.930. The van der Waals surface area contributed by atoms with Crippen LogP contribution in [-0.2, 0) is 6.42 Å². The predicted octanol–water partition coefficient (Wildman–Crippen LogP) is 1.01. The molecule has 0 amide bonds. The number of aryl methyl sites for hydroxylation is 1. The molecule has 0 saturated heterocycles. The van der Waals surface area contributed by atoms with Crippen LogP contribution in [0.15, 0.2) is 18.3 Å². The van der Waals surface area contributed by atoms with Crippen molar-refractivity contribution in [2.24, 2.45) is 5.73 Å². The molecule has 1 aliphatic carbocycles. The summed E-state index contributed by atoms with van der Waals surface area (Å²) in [5.41, 5.74) is 8.11. The number of hydrogen-bond acceptors (Lipinski definition) is 3. The quantitative estimate of drug-likeness (QED) is 0.749. The summed E-state index contributed by atoms with van der Waals surface area (Å²) in [4.78, 5) is 4.45. The van der Waals surface area contributed by atoms with E-state index >= 15 is 0 Å². The first kappa shape index (κ1) is 9.62. The molecule has 1 atom stereocenters. The highest BCUT2D eigenvalue weighted by Crippen LogP contribution is 2.27. The molecule has 0 saturated carbocycles. The molecule has 14 heavy (non-hydrogen) atoms. The van der Waals surface area contributed by atoms with E-state index in [1.807, 2.05) is 12.3 Å². The maximum atomic E-state index is 5.48. The highest BCUT2D eigenvalue weighted by atomic mass is 15.0. The molecule has 1 aliphatic rings. The summed E-state index contributed by atoms with van der Waals surface area (Å²) in [5.74, 6) is 0. The fourth-order valence-electron chi connectivity index (χ4n) is 2.07. The number of nitrogens with zero attached hydrogens (tertiary/aromatic N) is 1. The van der Waals surface area contributed by atoms with Crippen molar-refractivity contribution in [2.75, 3.05) is 13.1 Å². The van der Waals surface area contributed by atoms with Crippen LogP contribution < -0.4 is 11.1 Å². The first-order valence-corrected chi connectivity index (χ1v) is 5.29. The largest absolute Gasteiger partial charge is 0.329 e. The van der Waals surface area contributed by atoms with E-state index in [0.717, 1.165) is 6.54 Å². The zero-order valence-electron chi connectivity index (χ0n) is 8.37. The Bertz CT molecular complexity index is 298. The van der Waals surface area contributed by atoms with Crippen molar-refractivity contribution in [3.05, 3.63) is 29.6 Å². The van der Waals surface area contributed by atoms with Crippen LogP contribution in [0.2, 0.25) is 0 Å². The van der Waals surface area contributed by atoms with Crippen LogP contribution in [0, 0.1) is 0 Å². The zero-order chi connectivity index (χ0) is 9.80. The molecule has 0 aliphatic heterocycles. The number of aromatic nitrogens is 1. The molecule has 1 unspecified atom stereocenters. The molecule has 0 fully saturated rings. The predicted molar refractivity (Wildman–Crippen MR) is 57.0 cm³/mol. The standard InChI is InChI=1S/C11H17N3/c12-6-8-13-10-5-1-3-9-4-2-7-14-11(9)10/h2,4,7,10,13H,1,3,5-6,8,12H2. The molecule has 0 aromatic carbocycles. The topological polar surface area (TPSA) is 50.9 Å². The minimum absolute atomic E-state index is 0.420. The molecule has 1 heterocycles. The van der Waals surface area contributed by atoms with Gasteiger partial charge in [-0.15, -0.1) is 0 Å². The first-order chi connectivity index (χ1) is 6.92. The van der Waals surface area contributed by atoms with Crippen LogP contribution in [0.5, 0.6) is 0 Å². The van der Waals surface area contributed by atoms with Gasteiger partial charge in [-0.2, -0.15) is 0 Å². The van der Waals surface area contributed by atoms with Crippen molar-refractivity contribution < 1.29 is 0 Å². The SMILES string of the molecule is NCCNC1CCCc2cccnc21. The molecular weight excluding hydrogens is 174 g/mol. The lowest BCUT2D eigenvalue weighted by Gasteiger charge is -2.24. The van der Waals surface area contributed by atoms with Crippen LogP contribution in [0.25, 0.3) is 0 Å². The summed E-state index contributed by atoms with van der Waals surface area (Å²) < 4.78 is 0. The van der Waals surface area contributed by atoms with Crippen molar-refractivity contribution in [3.8, 4) is 0 Å². The van der Waals surface area contributed by atoms with Crippen molar-refractivity contribution >= 4 is 0 Å². The van der Waals surface area contributed by atoms with Crippen molar-refractivity contribution in [3.63, 3.8) is 0 Å². The van der Waals surface area contributed by atoms with Crippen LogP contribution in [0.3, 0.4) is 0 Å². The van der Waals surface area contributed by atoms with Gasteiger partial charge in [-0.05, 0) is 30.9 Å². The van der Waals surface area contributed by atoms with E-state index in [0.29, 0.717) is 12.6 Å². The molecule has 3 heteroatoms. The summed E-state index contributed by atoms with van der Waals surface area (Å²) in [6.07, 6.45) is 5.48. The Morgan fingerprint density at radius 3 is 3.36 bits per heavy atom. The fourth-order valence-corrected chi connectivity index (χ4v) is 2.07. The number of fused-ring (bicyclic) bond motifs is 1. The van der Waals surface area contributed by atoms with Gasteiger partial charge in [-0.1, -0.05) is 6.07 Å². The van der Waals surface area contributed by atoms with E-state index in [1.54, 1.807) is 0 Å². The van der Waals surface area contributed by atoms with Gasteiger partial charge >= 0.3 is 0 Å². The molecule has 2 rings (SSSR count). The molecular formula is C11H17N3. The maximum absolute atomic E-state index is 5.48. The molecule has 76 valence electrons. The Labute approximate surface area is 84.7 Å². The Balaban J connectivity index is 2.14. The number of rotatable bonds is 3. The average molecular weight is 191 g/mol. The second-order valence-corrected chi connectivity index (χ2v) is 3.74. The molecule has 3 N–H and O–H groups in total. The maximum Gasteiger partial charge on any atom is 0.0605 e. The van der Waals surface area contributed by atoms with E-state index in [1.165, 1.54) is 30.5 Å². The number of hydrogen-bond donors (Lipinski definition) is 2. The van der Waals surface area contributed by atoms with Gasteiger partial charge in [0.15, 0.2) is 0 Å². The van der Waals surface area contributed by atoms with E-state index in [9.17, 15) is 0 Å². The third kappa shape index (κ3) is 1.94. The van der Waals surface area contributed by atoms with Gasteiger partial charge in [-0.3, -0.25) is 4.98 Å². The fraction of sp³-hybridized carbons (Fsp3) is 0.545. The van der Waals surface area contributed by atoms with Crippen LogP contribution in [0.1, 0.15) is 30.1 Å². The summed E-state index contributed by atoms with van der Waals surface area (Å²) in [5, 5.41) is 3.44. The van der Waals surface area contributed by atoms with Gasteiger partial charge in [0, 0.05) is 25.3 Å². The van der Waals surface area contributed by atoms with Crippen molar-refractivity contribution in [1.29, 1.82) is 0 Å². The van der Waals surface area contributed by atoms with Gasteiger partial charge < -0.3 is 11.1 Å². The van der Waals surface area contributed by atoms with Gasteiger partial charge in [0.05, 0.1) is 5.69 Å². The highest BCUT2D eigenvalue weighted by Gasteiger charge is 2.19. The number of nitrogens with one attached hydrogen (secondary N) is 1. The average Bonchev–Trinajstić information content (AvgIpc) is 2.26. The van der Waals surface area contributed by atoms with Crippen LogP contribution in [0.4, 0.5) is 0 Å². The third-order valence-electron chi connectivity index (χ3n) is 2.73. The summed E-state index contributed by atoms with van der Waals surface area (Å²) in [7, 11) is 0. The van der Waals surface area contributed by atoms with Gasteiger partial charge in [0.2, 0.25) is 0 Å². The van der Waals surface area contributed by atoms with E-state index in [2.05, 4.69) is 16.4 Å². The third-order valence-corrected chi connectivity index (χ3v) is 2.73. The van der Waals surface area contributed by atoms with Crippen LogP contribution >= 0.6 is 0 Å². The first-order valence-electron chi connectivity index (χ1n) is 5.29. The summed E-state index contributed by atoms with van der Waals surface area (Å²) in [6.45, 7) is 1.57. The molecule has 3 nitrogen and oxygen atoms in total. The molecule has 0 bridgehead atoms. The van der Waals surface area contributed by atoms with Crippen LogP contribution in [-0.4, -0.2) is 18.1 Å². The van der Waals surface area contributed by atoms with E-state index < -0.39 is 0 Å². The normalized spacial score (nSPS) is 20.5. The molecule has 1 aromatic heterocycles. The lowest BCUT2D eigenvalue weighted by atomic mass is 9.92. The Morgan fingerprint density at radius 1 is 1.57 bits per heavy atom. The lowest BCUT2D eigenvalue weighted by Crippen LogP contribution is -2.30. The summed E-state index contributed by atoms with van der Waals surface area (Å²) in [6, 6.07) is 4.62. The minimum Gasteiger partial charge on any atom is -0.329 e. The van der Waals surface area contributed by atoms with Gasteiger partial charge in [-0.25, -0.2) is 0 Å². The van der Waals surface area contributed by atoms with E-state index in [-0.39, 0.29) is 0 Å². The number of pyridine rings is 1. The van der Waals surface area contributed by atoms with E-state index in [4.69, 9.17) is 5.73 Å². The highest BCUT2D eigenvalue weighted by molar-refractivity contribution is 5.25. The smallest absolute Gasteiger partial charge is 0.0605 e. The van der Waals surface area contributed by atoms with Gasteiger partial charge in [0.1, 0.15) is 0 Å². The summed E-state index contributed by atoms with van der Waals surface area (Å²) >= 11 is 0. The molecule has 0 radical (unpaired) electrons. The van der Waals surface area contributed by atoms with Gasteiger partial charge in [0.25, 0.3) is 0 Å². The zero-order valence-corrected chi connectivity index (χ0v) is 8.37. The number of nitrogens with two attached hydrogens (primary N) is 1. The monoisotopic (exact) mass is 191 g/mol. The van der Waals surface area contributed by atoms with Crippen molar-refractivity contribution in [1.82, 2.24) is 10.3 Å².